The van der Waals surface area contributed by atoms with E-state index in [0.717, 1.165) is 0 Å². The number of carbonyl (C=O) groups is 1. The molecular formula is C15H12BrClFNO. The van der Waals surface area contributed by atoms with Crippen molar-refractivity contribution < 1.29 is 9.18 Å². The van der Waals surface area contributed by atoms with Gasteiger partial charge >= 0.3 is 0 Å². The molecule has 2 aromatic carbocycles. The lowest BCUT2D eigenvalue weighted by atomic mass is 10.1. The van der Waals surface area contributed by atoms with Gasteiger partial charge in [0, 0.05) is 16.0 Å². The van der Waals surface area contributed by atoms with Crippen LogP contribution < -0.4 is 5.32 Å². The molecule has 0 bridgehead atoms. The largest absolute Gasteiger partial charge is 0.348 e. The van der Waals surface area contributed by atoms with E-state index in [2.05, 4.69) is 21.2 Å². The van der Waals surface area contributed by atoms with Gasteiger partial charge in [-0.25, -0.2) is 4.39 Å². The Bertz CT molecular complexity index is 660. The fourth-order valence-corrected chi connectivity index (χ4v) is 2.56. The zero-order valence-corrected chi connectivity index (χ0v) is 13.1. The molecule has 2 aromatic rings. The third kappa shape index (κ3) is 3.58. The Morgan fingerprint density at radius 2 is 2.05 bits per heavy atom. The number of hydrogen-bond acceptors (Lipinski definition) is 1. The van der Waals surface area contributed by atoms with Gasteiger partial charge in [0.2, 0.25) is 0 Å². The first-order valence-electron chi connectivity index (χ1n) is 5.95. The minimum atomic E-state index is -0.274. The first-order valence-corrected chi connectivity index (χ1v) is 7.13. The van der Waals surface area contributed by atoms with Crippen molar-refractivity contribution in [3.63, 3.8) is 0 Å². The van der Waals surface area contributed by atoms with Gasteiger partial charge in [0.15, 0.2) is 0 Å². The summed E-state index contributed by atoms with van der Waals surface area (Å²) in [5.41, 5.74) is 1.79. The number of carbonyl (C=O) groups excluding carboxylic acids is 1. The van der Waals surface area contributed by atoms with E-state index in [1.165, 1.54) is 6.07 Å². The highest BCUT2D eigenvalue weighted by atomic mass is 79.9. The van der Waals surface area contributed by atoms with Gasteiger partial charge in [-0.2, -0.15) is 0 Å². The quantitative estimate of drug-likeness (QED) is 0.863. The van der Waals surface area contributed by atoms with Crippen LogP contribution in [-0.4, -0.2) is 5.91 Å². The summed E-state index contributed by atoms with van der Waals surface area (Å²) in [5, 5.41) is 3.29. The molecule has 0 saturated carbocycles. The molecule has 1 N–H and O–H groups in total. The van der Waals surface area contributed by atoms with Crippen molar-refractivity contribution in [3.8, 4) is 0 Å². The summed E-state index contributed by atoms with van der Waals surface area (Å²) in [7, 11) is 0. The van der Waals surface area contributed by atoms with Crippen LogP contribution in [-0.2, 0) is 6.54 Å². The summed E-state index contributed by atoms with van der Waals surface area (Å²) in [6.07, 6.45) is 0. The predicted octanol–water partition coefficient (Wildman–Crippen LogP) is 4.48. The monoisotopic (exact) mass is 355 g/mol. The van der Waals surface area contributed by atoms with Gasteiger partial charge in [0.05, 0.1) is 5.56 Å². The number of halogens is 3. The molecule has 0 unspecified atom stereocenters. The molecule has 0 saturated heterocycles. The van der Waals surface area contributed by atoms with E-state index >= 15 is 0 Å². The van der Waals surface area contributed by atoms with Crippen LogP contribution in [0.4, 0.5) is 4.39 Å². The number of hydrogen-bond donors (Lipinski definition) is 1. The molecule has 0 aliphatic heterocycles. The molecule has 0 fully saturated rings. The Morgan fingerprint density at radius 3 is 2.70 bits per heavy atom. The van der Waals surface area contributed by atoms with Crippen LogP contribution in [0.25, 0.3) is 0 Å². The first-order chi connectivity index (χ1) is 9.47. The lowest BCUT2D eigenvalue weighted by Gasteiger charge is -2.08. The minimum Gasteiger partial charge on any atom is -0.348 e. The summed E-state index contributed by atoms with van der Waals surface area (Å²) >= 11 is 9.11. The highest BCUT2D eigenvalue weighted by Crippen LogP contribution is 2.21. The van der Waals surface area contributed by atoms with Gasteiger partial charge in [0.25, 0.3) is 5.91 Å². The van der Waals surface area contributed by atoms with Crippen molar-refractivity contribution in [2.75, 3.05) is 0 Å². The molecule has 0 aromatic heterocycles. The first kappa shape index (κ1) is 15.0. The molecule has 0 aliphatic rings. The Balaban J connectivity index is 2.06. The van der Waals surface area contributed by atoms with Crippen molar-refractivity contribution >= 4 is 33.4 Å². The highest BCUT2D eigenvalue weighted by molar-refractivity contribution is 9.10. The van der Waals surface area contributed by atoms with E-state index in [4.69, 9.17) is 11.6 Å². The third-order valence-electron chi connectivity index (χ3n) is 2.87. The predicted molar refractivity (Wildman–Crippen MR) is 81.5 cm³/mol. The zero-order valence-electron chi connectivity index (χ0n) is 10.7. The van der Waals surface area contributed by atoms with Crippen LogP contribution in [0.3, 0.4) is 0 Å². The Morgan fingerprint density at radius 1 is 1.30 bits per heavy atom. The molecule has 0 atom stereocenters. The number of benzene rings is 2. The minimum absolute atomic E-state index is 0.241. The molecule has 1 amide bonds. The van der Waals surface area contributed by atoms with Gasteiger partial charge in [-0.3, -0.25) is 4.79 Å². The maximum Gasteiger partial charge on any atom is 0.252 e. The van der Waals surface area contributed by atoms with E-state index in [0.29, 0.717) is 26.2 Å². The molecular weight excluding hydrogens is 345 g/mol. The third-order valence-corrected chi connectivity index (χ3v) is 3.76. The van der Waals surface area contributed by atoms with Gasteiger partial charge in [0.1, 0.15) is 5.82 Å². The normalized spacial score (nSPS) is 10.4. The summed E-state index contributed by atoms with van der Waals surface area (Å²) in [6.45, 7) is 1.97. The van der Waals surface area contributed by atoms with Crippen LogP contribution in [0.5, 0.6) is 0 Å². The Labute approximate surface area is 130 Å². The Kier molecular flexibility index (Phi) is 4.78. The van der Waals surface area contributed by atoms with Crippen molar-refractivity contribution in [1.82, 2.24) is 5.32 Å². The number of aryl methyl sites for hydroxylation is 1. The lowest BCUT2D eigenvalue weighted by Crippen LogP contribution is -2.23. The Hall–Kier alpha value is -1.39. The number of rotatable bonds is 3. The van der Waals surface area contributed by atoms with Crippen molar-refractivity contribution in [3.05, 3.63) is 68.4 Å². The molecule has 2 nitrogen and oxygen atoms in total. The number of amides is 1. The molecule has 0 spiro atoms. The average molecular weight is 357 g/mol. The smallest absolute Gasteiger partial charge is 0.252 e. The molecule has 104 valence electrons. The molecule has 2 rings (SSSR count). The lowest BCUT2D eigenvalue weighted by molar-refractivity contribution is 0.0950. The van der Waals surface area contributed by atoms with Crippen LogP contribution in [0, 0.1) is 12.7 Å². The van der Waals surface area contributed by atoms with E-state index in [-0.39, 0.29) is 18.3 Å². The fraction of sp³-hybridized carbons (Fsp3) is 0.133. The van der Waals surface area contributed by atoms with Crippen molar-refractivity contribution in [2.45, 2.75) is 13.5 Å². The van der Waals surface area contributed by atoms with Gasteiger partial charge < -0.3 is 5.32 Å². The summed E-state index contributed by atoms with van der Waals surface area (Å²) < 4.78 is 14.0. The van der Waals surface area contributed by atoms with E-state index in [1.54, 1.807) is 37.3 Å². The second-order valence-electron chi connectivity index (χ2n) is 4.39. The van der Waals surface area contributed by atoms with E-state index in [1.807, 2.05) is 0 Å². The van der Waals surface area contributed by atoms with Crippen LogP contribution in [0.2, 0.25) is 5.02 Å². The average Bonchev–Trinajstić information content (AvgIpc) is 2.40. The fourth-order valence-electron chi connectivity index (χ4n) is 1.70. The maximum absolute atomic E-state index is 13.4. The number of nitrogens with one attached hydrogen (secondary N) is 1. The van der Waals surface area contributed by atoms with E-state index < -0.39 is 0 Å². The van der Waals surface area contributed by atoms with Crippen LogP contribution >= 0.6 is 27.5 Å². The highest BCUT2D eigenvalue weighted by Gasteiger charge is 2.10. The second-order valence-corrected chi connectivity index (χ2v) is 5.68. The van der Waals surface area contributed by atoms with Crippen molar-refractivity contribution in [2.24, 2.45) is 0 Å². The van der Waals surface area contributed by atoms with Crippen LogP contribution in [0.1, 0.15) is 21.5 Å². The SMILES string of the molecule is Cc1ccc(CNC(=O)c2ccc(Cl)cc2Br)cc1F. The molecule has 0 radical (unpaired) electrons. The standard InChI is InChI=1S/C15H12BrClFNO/c1-9-2-3-10(6-14(9)18)8-19-15(20)12-5-4-11(17)7-13(12)16/h2-7H,8H2,1H3,(H,19,20). The maximum atomic E-state index is 13.4. The molecule has 5 heteroatoms. The van der Waals surface area contributed by atoms with Gasteiger partial charge in [-0.05, 0) is 58.2 Å². The summed E-state index contributed by atoms with van der Waals surface area (Å²) in [6, 6.07) is 9.84. The second kappa shape index (κ2) is 6.37. The summed E-state index contributed by atoms with van der Waals surface area (Å²) in [4.78, 5) is 12.0. The van der Waals surface area contributed by atoms with Crippen molar-refractivity contribution in [1.29, 1.82) is 0 Å². The molecule has 0 aliphatic carbocycles. The van der Waals surface area contributed by atoms with Crippen LogP contribution in [0.15, 0.2) is 40.9 Å². The molecule has 20 heavy (non-hydrogen) atoms. The zero-order chi connectivity index (χ0) is 14.7. The topological polar surface area (TPSA) is 29.1 Å². The van der Waals surface area contributed by atoms with Gasteiger partial charge in [-0.1, -0.05) is 23.7 Å². The summed E-state index contributed by atoms with van der Waals surface area (Å²) in [5.74, 6) is -0.515. The van der Waals surface area contributed by atoms with E-state index in [9.17, 15) is 9.18 Å². The van der Waals surface area contributed by atoms with Gasteiger partial charge in [-0.15, -0.1) is 0 Å². The molecule has 0 heterocycles.